The van der Waals surface area contributed by atoms with E-state index in [9.17, 15) is 14.0 Å². The van der Waals surface area contributed by atoms with Gasteiger partial charge in [-0.2, -0.15) is 0 Å². The number of hydrogen-bond donors (Lipinski definition) is 0. The summed E-state index contributed by atoms with van der Waals surface area (Å²) in [6, 6.07) is 29.3. The molecule has 0 aliphatic heterocycles. The molecular weight excluding hydrogens is 465 g/mol. The number of carbonyl (C=O) groups is 2. The van der Waals surface area contributed by atoms with E-state index in [0.717, 1.165) is 11.3 Å². The standard InChI is InChI=1S/C31H32FN3O2/c1-24(2)35(31(37)27-15-17-28(32)18-16-27)23-30(36)34(21-26-12-7-4-8-13-26)22-29-14-9-19-33(29)20-25-10-5-3-6-11-25/h3-19,24H,20-23H2,1-2H3. The highest BCUT2D eigenvalue weighted by Crippen LogP contribution is 2.16. The van der Waals surface area contributed by atoms with Gasteiger partial charge in [0.1, 0.15) is 12.4 Å². The summed E-state index contributed by atoms with van der Waals surface area (Å²) in [5, 5.41) is 0. The Morgan fingerprint density at radius 1 is 0.784 bits per heavy atom. The van der Waals surface area contributed by atoms with E-state index in [2.05, 4.69) is 16.7 Å². The van der Waals surface area contributed by atoms with Crippen molar-refractivity contribution in [2.75, 3.05) is 6.54 Å². The van der Waals surface area contributed by atoms with Crippen LogP contribution in [0, 0.1) is 5.82 Å². The summed E-state index contributed by atoms with van der Waals surface area (Å²) in [6.45, 7) is 5.22. The van der Waals surface area contributed by atoms with Crippen molar-refractivity contribution in [3.8, 4) is 0 Å². The van der Waals surface area contributed by atoms with Gasteiger partial charge in [0.15, 0.2) is 0 Å². The van der Waals surface area contributed by atoms with Crippen LogP contribution in [0.3, 0.4) is 0 Å². The number of hydrogen-bond acceptors (Lipinski definition) is 2. The molecule has 0 bridgehead atoms. The van der Waals surface area contributed by atoms with E-state index in [4.69, 9.17) is 0 Å². The van der Waals surface area contributed by atoms with Crippen LogP contribution in [0.1, 0.15) is 41.0 Å². The highest BCUT2D eigenvalue weighted by Gasteiger charge is 2.25. The largest absolute Gasteiger partial charge is 0.345 e. The minimum Gasteiger partial charge on any atom is -0.345 e. The van der Waals surface area contributed by atoms with Crippen LogP contribution in [0.5, 0.6) is 0 Å². The Morgan fingerprint density at radius 2 is 1.41 bits per heavy atom. The molecular formula is C31H32FN3O2. The van der Waals surface area contributed by atoms with Gasteiger partial charge < -0.3 is 14.4 Å². The average Bonchev–Trinajstić information content (AvgIpc) is 3.34. The van der Waals surface area contributed by atoms with Crippen LogP contribution in [0.2, 0.25) is 0 Å². The zero-order chi connectivity index (χ0) is 26.2. The molecule has 0 aliphatic rings. The Balaban J connectivity index is 1.56. The Morgan fingerprint density at radius 3 is 2.03 bits per heavy atom. The summed E-state index contributed by atoms with van der Waals surface area (Å²) < 4.78 is 15.5. The first-order valence-corrected chi connectivity index (χ1v) is 12.5. The van der Waals surface area contributed by atoms with Gasteiger partial charge in [0.2, 0.25) is 5.91 Å². The van der Waals surface area contributed by atoms with E-state index in [1.807, 2.05) is 80.7 Å². The van der Waals surface area contributed by atoms with Crippen molar-refractivity contribution in [1.29, 1.82) is 0 Å². The third-order valence-electron chi connectivity index (χ3n) is 6.32. The second-order valence-electron chi connectivity index (χ2n) is 9.38. The molecule has 0 spiro atoms. The molecule has 0 N–H and O–H groups in total. The minimum absolute atomic E-state index is 0.0693. The number of carbonyl (C=O) groups excluding carboxylic acids is 2. The van der Waals surface area contributed by atoms with Crippen LogP contribution < -0.4 is 0 Å². The van der Waals surface area contributed by atoms with E-state index < -0.39 is 5.82 Å². The fourth-order valence-corrected chi connectivity index (χ4v) is 4.25. The quantitative estimate of drug-likeness (QED) is 0.280. The molecule has 1 heterocycles. The maximum Gasteiger partial charge on any atom is 0.254 e. The second kappa shape index (κ2) is 12.2. The molecule has 1 aromatic heterocycles. The third kappa shape index (κ3) is 6.94. The van der Waals surface area contributed by atoms with E-state index in [1.165, 1.54) is 34.7 Å². The Hall–Kier alpha value is -4.19. The van der Waals surface area contributed by atoms with Crippen molar-refractivity contribution >= 4 is 11.8 Å². The predicted molar refractivity (Wildman–Crippen MR) is 143 cm³/mol. The van der Waals surface area contributed by atoms with Gasteiger partial charge in [-0.25, -0.2) is 4.39 Å². The monoisotopic (exact) mass is 497 g/mol. The van der Waals surface area contributed by atoms with Crippen molar-refractivity contribution in [3.63, 3.8) is 0 Å². The van der Waals surface area contributed by atoms with Crippen LogP contribution in [-0.2, 0) is 24.4 Å². The van der Waals surface area contributed by atoms with E-state index in [-0.39, 0.29) is 24.4 Å². The lowest BCUT2D eigenvalue weighted by Crippen LogP contribution is -2.45. The summed E-state index contributed by atoms with van der Waals surface area (Å²) >= 11 is 0. The van der Waals surface area contributed by atoms with E-state index in [0.29, 0.717) is 25.2 Å². The fraction of sp³-hybridized carbons (Fsp3) is 0.226. The van der Waals surface area contributed by atoms with Crippen molar-refractivity contribution in [2.45, 2.75) is 39.5 Å². The van der Waals surface area contributed by atoms with Gasteiger partial charge in [-0.3, -0.25) is 9.59 Å². The normalized spacial score (nSPS) is 10.9. The van der Waals surface area contributed by atoms with Crippen LogP contribution in [-0.4, -0.2) is 38.8 Å². The summed E-state index contributed by atoms with van der Waals surface area (Å²) in [4.78, 5) is 30.3. The van der Waals surface area contributed by atoms with Gasteiger partial charge in [-0.05, 0) is 61.4 Å². The molecule has 0 saturated heterocycles. The molecule has 0 fully saturated rings. The maximum absolute atomic E-state index is 13.7. The van der Waals surface area contributed by atoms with Gasteiger partial charge in [0.05, 0.1) is 6.54 Å². The minimum atomic E-state index is -0.406. The molecule has 0 saturated carbocycles. The van der Waals surface area contributed by atoms with Gasteiger partial charge in [0.25, 0.3) is 5.91 Å². The average molecular weight is 498 g/mol. The predicted octanol–water partition coefficient (Wildman–Crippen LogP) is 5.76. The highest BCUT2D eigenvalue weighted by atomic mass is 19.1. The Kier molecular flexibility index (Phi) is 8.52. The van der Waals surface area contributed by atoms with Crippen LogP contribution in [0.15, 0.2) is 103 Å². The molecule has 3 aromatic carbocycles. The number of nitrogens with zero attached hydrogens (tertiary/aromatic N) is 3. The maximum atomic E-state index is 13.7. The summed E-state index contributed by atoms with van der Waals surface area (Å²) in [6.07, 6.45) is 2.02. The highest BCUT2D eigenvalue weighted by molar-refractivity contribution is 5.96. The SMILES string of the molecule is CC(C)N(CC(=O)N(Cc1ccccc1)Cc1cccn1Cc1ccccc1)C(=O)c1ccc(F)cc1. The Labute approximate surface area is 217 Å². The van der Waals surface area contributed by atoms with Gasteiger partial charge >= 0.3 is 0 Å². The number of aromatic nitrogens is 1. The zero-order valence-electron chi connectivity index (χ0n) is 21.3. The lowest BCUT2D eigenvalue weighted by molar-refractivity contribution is -0.133. The van der Waals surface area contributed by atoms with Gasteiger partial charge in [0, 0.05) is 36.6 Å². The van der Waals surface area contributed by atoms with Crippen molar-refractivity contribution in [2.24, 2.45) is 0 Å². The molecule has 190 valence electrons. The zero-order valence-corrected chi connectivity index (χ0v) is 21.3. The number of benzene rings is 3. The van der Waals surface area contributed by atoms with Crippen molar-refractivity contribution in [1.82, 2.24) is 14.4 Å². The molecule has 0 radical (unpaired) electrons. The number of halogens is 1. The molecule has 37 heavy (non-hydrogen) atoms. The number of rotatable bonds is 10. The number of amides is 2. The van der Waals surface area contributed by atoms with Gasteiger partial charge in [-0.1, -0.05) is 60.7 Å². The van der Waals surface area contributed by atoms with Gasteiger partial charge in [-0.15, -0.1) is 0 Å². The molecule has 5 nitrogen and oxygen atoms in total. The first-order chi connectivity index (χ1) is 17.9. The van der Waals surface area contributed by atoms with Crippen LogP contribution >= 0.6 is 0 Å². The molecule has 0 aliphatic carbocycles. The van der Waals surface area contributed by atoms with Crippen molar-refractivity contribution in [3.05, 3.63) is 131 Å². The lowest BCUT2D eigenvalue weighted by Gasteiger charge is -2.30. The third-order valence-corrected chi connectivity index (χ3v) is 6.32. The molecule has 2 amide bonds. The first-order valence-electron chi connectivity index (χ1n) is 12.5. The summed E-state index contributed by atoms with van der Waals surface area (Å²) in [7, 11) is 0. The Bertz CT molecular complexity index is 1300. The van der Waals surface area contributed by atoms with E-state index >= 15 is 0 Å². The van der Waals surface area contributed by atoms with Crippen LogP contribution in [0.25, 0.3) is 0 Å². The summed E-state index contributed by atoms with van der Waals surface area (Å²) in [5.41, 5.74) is 3.55. The molecule has 0 atom stereocenters. The molecule has 0 unspecified atom stereocenters. The first kappa shape index (κ1) is 25.9. The molecule has 4 aromatic rings. The van der Waals surface area contributed by atoms with Crippen LogP contribution in [0.4, 0.5) is 4.39 Å². The topological polar surface area (TPSA) is 45.6 Å². The van der Waals surface area contributed by atoms with E-state index in [1.54, 1.807) is 4.90 Å². The molecule has 4 rings (SSSR count). The second-order valence-corrected chi connectivity index (χ2v) is 9.38. The molecule has 6 heteroatoms. The fourth-order valence-electron chi connectivity index (χ4n) is 4.25. The summed E-state index contributed by atoms with van der Waals surface area (Å²) in [5.74, 6) is -0.854. The smallest absolute Gasteiger partial charge is 0.254 e. The lowest BCUT2D eigenvalue weighted by atomic mass is 10.1. The van der Waals surface area contributed by atoms with Crippen molar-refractivity contribution < 1.29 is 14.0 Å².